The molecule has 0 fully saturated rings. The molecule has 0 bridgehead atoms. The van der Waals surface area contributed by atoms with Gasteiger partial charge in [0.1, 0.15) is 17.1 Å². The van der Waals surface area contributed by atoms with Crippen LogP contribution in [0.1, 0.15) is 37.3 Å². The van der Waals surface area contributed by atoms with E-state index >= 15 is 0 Å². The summed E-state index contributed by atoms with van der Waals surface area (Å²) in [5.41, 5.74) is -0.130. The van der Waals surface area contributed by atoms with Gasteiger partial charge < -0.3 is 19.3 Å². The number of aliphatic carboxylic acids is 1. The maximum Gasteiger partial charge on any atom is 0.411 e. The van der Waals surface area contributed by atoms with Gasteiger partial charge in [-0.25, -0.2) is 9.59 Å². The number of carboxylic acid groups (broad SMARTS) is 1. The summed E-state index contributed by atoms with van der Waals surface area (Å²) in [7, 11) is 3.04. The van der Waals surface area contributed by atoms with Crippen molar-refractivity contribution in [3.05, 3.63) is 46.2 Å². The van der Waals surface area contributed by atoms with Crippen molar-refractivity contribution in [3.8, 4) is 11.5 Å². The lowest BCUT2D eigenvalue weighted by Gasteiger charge is -2.31. The van der Waals surface area contributed by atoms with Gasteiger partial charge >= 0.3 is 12.1 Å². The van der Waals surface area contributed by atoms with Crippen LogP contribution in [0, 0.1) is 0 Å². The minimum absolute atomic E-state index is 0.00303. The number of carbonyl (C=O) groups excluding carboxylic acids is 1. The highest BCUT2D eigenvalue weighted by Gasteiger charge is 2.35. The first-order valence-electron chi connectivity index (χ1n) is 8.63. The van der Waals surface area contributed by atoms with Crippen LogP contribution < -0.4 is 9.47 Å². The molecule has 1 aromatic heterocycles. The Morgan fingerprint density at radius 2 is 1.89 bits per heavy atom. The fraction of sp³-hybridized carbons (Fsp3) is 0.400. The van der Waals surface area contributed by atoms with E-state index in [4.69, 9.17) is 14.2 Å². The normalized spacial score (nSPS) is 12.2. The molecule has 1 unspecified atom stereocenters. The third-order valence-corrected chi connectivity index (χ3v) is 4.75. The second-order valence-corrected chi connectivity index (χ2v) is 8.02. The van der Waals surface area contributed by atoms with E-state index in [-0.39, 0.29) is 6.54 Å². The molecule has 152 valence electrons. The number of amides is 1. The van der Waals surface area contributed by atoms with Gasteiger partial charge in [-0.15, -0.1) is 11.3 Å². The SMILES string of the molecule is COc1ccc(CN(C(=O)OC(C)(C)C)C(C(=O)O)c2cccs2)c(OC)c1. The third kappa shape index (κ3) is 5.39. The molecule has 8 heteroatoms. The van der Waals surface area contributed by atoms with Crippen LogP contribution in [-0.2, 0) is 16.1 Å². The summed E-state index contributed by atoms with van der Waals surface area (Å²) in [5.74, 6) is -0.0542. The first kappa shape index (κ1) is 21.6. The Morgan fingerprint density at radius 3 is 2.39 bits per heavy atom. The molecule has 0 aliphatic heterocycles. The van der Waals surface area contributed by atoms with Crippen molar-refractivity contribution in [3.63, 3.8) is 0 Å². The molecule has 0 aliphatic carbocycles. The zero-order chi connectivity index (χ0) is 20.9. The Labute approximate surface area is 168 Å². The van der Waals surface area contributed by atoms with E-state index in [9.17, 15) is 14.7 Å². The number of hydrogen-bond donors (Lipinski definition) is 1. The molecule has 2 aromatic rings. The fourth-order valence-corrected chi connectivity index (χ4v) is 3.43. The summed E-state index contributed by atoms with van der Waals surface area (Å²) in [6.45, 7) is 5.20. The molecule has 2 rings (SSSR count). The van der Waals surface area contributed by atoms with E-state index in [0.717, 1.165) is 0 Å². The molecule has 0 spiro atoms. The third-order valence-electron chi connectivity index (χ3n) is 3.82. The lowest BCUT2D eigenvalue weighted by atomic mass is 10.1. The molecular weight excluding hydrogens is 382 g/mol. The monoisotopic (exact) mass is 407 g/mol. The van der Waals surface area contributed by atoms with Gasteiger partial charge in [0.15, 0.2) is 6.04 Å². The molecule has 1 N–H and O–H groups in total. The van der Waals surface area contributed by atoms with E-state index < -0.39 is 23.7 Å². The van der Waals surface area contributed by atoms with Crippen LogP contribution in [0.15, 0.2) is 35.7 Å². The van der Waals surface area contributed by atoms with Crippen molar-refractivity contribution < 1.29 is 28.9 Å². The van der Waals surface area contributed by atoms with E-state index in [2.05, 4.69) is 0 Å². The van der Waals surface area contributed by atoms with E-state index in [1.165, 1.54) is 23.3 Å². The molecule has 0 aliphatic rings. The molecular formula is C20H25NO6S. The molecule has 1 aromatic carbocycles. The van der Waals surface area contributed by atoms with Crippen molar-refractivity contribution in [2.24, 2.45) is 0 Å². The number of methoxy groups -OCH3 is 2. The fourth-order valence-electron chi connectivity index (χ4n) is 2.60. The average molecular weight is 407 g/mol. The molecule has 1 heterocycles. The van der Waals surface area contributed by atoms with Gasteiger partial charge in [-0.2, -0.15) is 0 Å². The number of benzene rings is 1. The zero-order valence-corrected chi connectivity index (χ0v) is 17.4. The Kier molecular flexibility index (Phi) is 6.90. The van der Waals surface area contributed by atoms with Gasteiger partial charge in [-0.1, -0.05) is 6.07 Å². The smallest absolute Gasteiger partial charge is 0.411 e. The molecule has 7 nitrogen and oxygen atoms in total. The standard InChI is InChI=1S/C20H25NO6S/c1-20(2,3)27-19(24)21(17(18(22)23)16-7-6-10-28-16)12-13-8-9-14(25-4)11-15(13)26-5/h6-11,17H,12H2,1-5H3,(H,22,23). The second kappa shape index (κ2) is 8.97. The maximum absolute atomic E-state index is 12.9. The largest absolute Gasteiger partial charge is 0.497 e. The quantitative estimate of drug-likeness (QED) is 0.735. The predicted octanol–water partition coefficient (Wildman–Crippen LogP) is 4.33. The van der Waals surface area contributed by atoms with Gasteiger partial charge in [0.2, 0.25) is 0 Å². The lowest BCUT2D eigenvalue weighted by molar-refractivity contribution is -0.143. The molecule has 1 amide bonds. The van der Waals surface area contributed by atoms with Crippen LogP contribution in [0.25, 0.3) is 0 Å². The Morgan fingerprint density at radius 1 is 1.18 bits per heavy atom. The molecule has 0 saturated heterocycles. The van der Waals surface area contributed by atoms with Crippen LogP contribution >= 0.6 is 11.3 Å². The second-order valence-electron chi connectivity index (χ2n) is 7.04. The summed E-state index contributed by atoms with van der Waals surface area (Å²) in [4.78, 5) is 26.7. The number of ether oxygens (including phenoxy) is 3. The summed E-state index contributed by atoms with van der Waals surface area (Å²) in [6, 6.07) is 7.41. The van der Waals surface area contributed by atoms with Crippen LogP contribution in [0.2, 0.25) is 0 Å². The van der Waals surface area contributed by atoms with Crippen LogP contribution in [0.5, 0.6) is 11.5 Å². The average Bonchev–Trinajstić information content (AvgIpc) is 3.13. The van der Waals surface area contributed by atoms with Crippen molar-refractivity contribution >= 4 is 23.4 Å². The predicted molar refractivity (Wildman–Crippen MR) is 106 cm³/mol. The van der Waals surface area contributed by atoms with Crippen molar-refractivity contribution in [2.75, 3.05) is 14.2 Å². The highest BCUT2D eigenvalue weighted by molar-refractivity contribution is 7.10. The Bertz CT molecular complexity index is 813. The first-order valence-corrected chi connectivity index (χ1v) is 9.51. The Balaban J connectivity index is 2.46. The minimum Gasteiger partial charge on any atom is -0.497 e. The lowest BCUT2D eigenvalue weighted by Crippen LogP contribution is -2.41. The number of carbonyl (C=O) groups is 2. The molecule has 1 atom stereocenters. The summed E-state index contributed by atoms with van der Waals surface area (Å²) < 4.78 is 16.1. The van der Waals surface area contributed by atoms with Gasteiger partial charge in [0, 0.05) is 16.5 Å². The number of carboxylic acids is 1. The number of rotatable bonds is 7. The van der Waals surface area contributed by atoms with E-state index in [0.29, 0.717) is 21.9 Å². The highest BCUT2D eigenvalue weighted by atomic mass is 32.1. The number of nitrogens with zero attached hydrogens (tertiary/aromatic N) is 1. The van der Waals surface area contributed by atoms with Gasteiger partial charge in [0.05, 0.1) is 20.8 Å². The van der Waals surface area contributed by atoms with Crippen molar-refractivity contribution in [1.82, 2.24) is 4.90 Å². The molecule has 0 saturated carbocycles. The zero-order valence-electron chi connectivity index (χ0n) is 16.6. The van der Waals surface area contributed by atoms with Crippen LogP contribution in [0.4, 0.5) is 4.79 Å². The maximum atomic E-state index is 12.9. The summed E-state index contributed by atoms with van der Waals surface area (Å²) >= 11 is 1.27. The summed E-state index contributed by atoms with van der Waals surface area (Å²) in [5, 5.41) is 11.6. The minimum atomic E-state index is -1.18. The van der Waals surface area contributed by atoms with Gasteiger partial charge in [-0.3, -0.25) is 4.90 Å². The number of hydrogen-bond acceptors (Lipinski definition) is 6. The van der Waals surface area contributed by atoms with Gasteiger partial charge in [0.25, 0.3) is 0 Å². The van der Waals surface area contributed by atoms with Crippen molar-refractivity contribution in [2.45, 2.75) is 39.0 Å². The van der Waals surface area contributed by atoms with E-state index in [1.54, 1.807) is 63.6 Å². The summed E-state index contributed by atoms with van der Waals surface area (Å²) in [6.07, 6.45) is -0.717. The highest BCUT2D eigenvalue weighted by Crippen LogP contribution is 2.32. The Hall–Kier alpha value is -2.74. The molecule has 28 heavy (non-hydrogen) atoms. The first-order chi connectivity index (χ1) is 13.2. The van der Waals surface area contributed by atoms with Crippen LogP contribution in [-0.4, -0.2) is 41.9 Å². The van der Waals surface area contributed by atoms with Crippen molar-refractivity contribution in [1.29, 1.82) is 0 Å². The van der Waals surface area contributed by atoms with E-state index in [1.807, 2.05) is 0 Å². The van der Waals surface area contributed by atoms with Crippen LogP contribution in [0.3, 0.4) is 0 Å². The topological polar surface area (TPSA) is 85.3 Å². The van der Waals surface area contributed by atoms with Gasteiger partial charge in [-0.05, 0) is 44.4 Å². The molecule has 0 radical (unpaired) electrons. The number of thiophene rings is 1.